The average molecular weight is 290 g/mol. The fourth-order valence-electron chi connectivity index (χ4n) is 1.91. The summed E-state index contributed by atoms with van der Waals surface area (Å²) in [5.74, 6) is -0.183. The fraction of sp³-hybridized carbons (Fsp3) is 0.250. The molecule has 0 saturated heterocycles. The van der Waals surface area contributed by atoms with Crippen molar-refractivity contribution in [3.63, 3.8) is 0 Å². The number of hydrogen-bond acceptors (Lipinski definition) is 3. The first-order valence-electron chi connectivity index (χ1n) is 6.92. The zero-order chi connectivity index (χ0) is 15.7. The van der Waals surface area contributed by atoms with Gasteiger partial charge in [0.1, 0.15) is 5.82 Å². The van der Waals surface area contributed by atoms with E-state index in [1.807, 2.05) is 6.07 Å². The number of benzene rings is 2. The maximum Gasteiger partial charge on any atom is 0.631 e. The molecule has 0 heterocycles. The van der Waals surface area contributed by atoms with Gasteiger partial charge in [0.15, 0.2) is 0 Å². The van der Waals surface area contributed by atoms with Crippen LogP contribution in [-0.2, 0) is 6.42 Å². The van der Waals surface area contributed by atoms with Gasteiger partial charge < -0.3 is 15.1 Å². The molecule has 3 N–H and O–H groups in total. The third kappa shape index (κ3) is 7.04. The van der Waals surface area contributed by atoms with Gasteiger partial charge in [-0.3, -0.25) is 0 Å². The van der Waals surface area contributed by atoms with Crippen LogP contribution in [0, 0.1) is 5.82 Å². The molecule has 0 atom stereocenters. The summed E-state index contributed by atoms with van der Waals surface area (Å²) in [5.41, 5.74) is 3.36. The SMILES string of the molecule is CCCCc1ccc(-c2cccc(F)c2)cc1.OB(O)O. The van der Waals surface area contributed by atoms with Gasteiger partial charge in [0.25, 0.3) is 0 Å². The molecular formula is C16H20BFO3. The van der Waals surface area contributed by atoms with Crippen molar-refractivity contribution in [1.82, 2.24) is 0 Å². The molecular weight excluding hydrogens is 270 g/mol. The van der Waals surface area contributed by atoms with E-state index in [0.29, 0.717) is 0 Å². The van der Waals surface area contributed by atoms with Crippen molar-refractivity contribution in [2.45, 2.75) is 26.2 Å². The standard InChI is InChI=1S/C16H17F.BH3O3/c1-2-3-5-13-8-10-14(11-9-13)15-6-4-7-16(17)12-15;2-1(3)4/h4,6-12H,2-3,5H2,1H3;2-4H. The van der Waals surface area contributed by atoms with E-state index >= 15 is 0 Å². The van der Waals surface area contributed by atoms with Crippen molar-refractivity contribution in [2.75, 3.05) is 0 Å². The van der Waals surface area contributed by atoms with Crippen molar-refractivity contribution in [1.29, 1.82) is 0 Å². The van der Waals surface area contributed by atoms with Gasteiger partial charge in [0, 0.05) is 0 Å². The molecule has 2 aromatic carbocycles. The molecule has 0 aromatic heterocycles. The highest BCUT2D eigenvalue weighted by molar-refractivity contribution is 6.30. The monoisotopic (exact) mass is 290 g/mol. The van der Waals surface area contributed by atoms with Crippen molar-refractivity contribution in [3.05, 3.63) is 59.9 Å². The van der Waals surface area contributed by atoms with Crippen LogP contribution >= 0.6 is 0 Å². The maximum absolute atomic E-state index is 13.1. The van der Waals surface area contributed by atoms with E-state index < -0.39 is 7.32 Å². The smallest absolute Gasteiger partial charge is 0.402 e. The first-order valence-corrected chi connectivity index (χ1v) is 6.92. The average Bonchev–Trinajstić information content (AvgIpc) is 2.45. The molecule has 0 unspecified atom stereocenters. The van der Waals surface area contributed by atoms with E-state index in [1.54, 1.807) is 12.1 Å². The molecule has 0 bridgehead atoms. The van der Waals surface area contributed by atoms with E-state index in [2.05, 4.69) is 31.2 Å². The Hall–Kier alpha value is -1.69. The molecule has 3 nitrogen and oxygen atoms in total. The highest BCUT2D eigenvalue weighted by Gasteiger charge is 1.99. The van der Waals surface area contributed by atoms with E-state index in [0.717, 1.165) is 17.5 Å². The van der Waals surface area contributed by atoms with Gasteiger partial charge in [-0.15, -0.1) is 0 Å². The Bertz CT molecular complexity index is 527. The predicted octanol–water partition coefficient (Wildman–Crippen LogP) is 2.78. The zero-order valence-electron chi connectivity index (χ0n) is 12.0. The summed E-state index contributed by atoms with van der Waals surface area (Å²) in [5, 5.41) is 21.5. The van der Waals surface area contributed by atoms with Gasteiger partial charge in [-0.25, -0.2) is 4.39 Å². The molecule has 0 fully saturated rings. The Kier molecular flexibility index (Phi) is 7.68. The summed E-state index contributed by atoms with van der Waals surface area (Å²) in [6.07, 6.45) is 3.56. The number of halogens is 1. The highest BCUT2D eigenvalue weighted by atomic mass is 19.1. The largest absolute Gasteiger partial charge is 0.631 e. The first kappa shape index (κ1) is 17.4. The lowest BCUT2D eigenvalue weighted by atomic mass is 10.0. The van der Waals surface area contributed by atoms with Crippen molar-refractivity contribution in [2.24, 2.45) is 0 Å². The normalized spacial score (nSPS) is 9.76. The van der Waals surface area contributed by atoms with Crippen LogP contribution < -0.4 is 0 Å². The molecule has 21 heavy (non-hydrogen) atoms. The summed E-state index contributed by atoms with van der Waals surface area (Å²) in [6, 6.07) is 15.1. The van der Waals surface area contributed by atoms with Crippen LogP contribution in [0.5, 0.6) is 0 Å². The van der Waals surface area contributed by atoms with Crippen molar-refractivity contribution in [3.8, 4) is 11.1 Å². The van der Waals surface area contributed by atoms with Crippen LogP contribution in [0.15, 0.2) is 48.5 Å². The molecule has 0 radical (unpaired) electrons. The highest BCUT2D eigenvalue weighted by Crippen LogP contribution is 2.21. The van der Waals surface area contributed by atoms with Crippen LogP contribution in [0.1, 0.15) is 25.3 Å². The Morgan fingerprint density at radius 3 is 2.10 bits per heavy atom. The van der Waals surface area contributed by atoms with E-state index in [9.17, 15) is 4.39 Å². The molecule has 2 rings (SSSR count). The quantitative estimate of drug-likeness (QED) is 0.759. The topological polar surface area (TPSA) is 60.7 Å². The summed E-state index contributed by atoms with van der Waals surface area (Å²) in [7, 11) is -2.17. The van der Waals surface area contributed by atoms with Gasteiger partial charge in [0.05, 0.1) is 0 Å². The Balaban J connectivity index is 0.000000491. The second-order valence-corrected chi connectivity index (χ2v) is 4.66. The maximum atomic E-state index is 13.1. The second kappa shape index (κ2) is 9.29. The second-order valence-electron chi connectivity index (χ2n) is 4.66. The van der Waals surface area contributed by atoms with Crippen LogP contribution in [0.2, 0.25) is 0 Å². The summed E-state index contributed by atoms with van der Waals surface area (Å²) >= 11 is 0. The lowest BCUT2D eigenvalue weighted by Crippen LogP contribution is -2.07. The minimum Gasteiger partial charge on any atom is -0.402 e. The molecule has 0 spiro atoms. The summed E-state index contributed by atoms with van der Waals surface area (Å²) in [6.45, 7) is 2.20. The molecule has 0 aliphatic rings. The lowest BCUT2D eigenvalue weighted by Gasteiger charge is -2.04. The van der Waals surface area contributed by atoms with Gasteiger partial charge in [-0.2, -0.15) is 0 Å². The fourth-order valence-corrected chi connectivity index (χ4v) is 1.91. The summed E-state index contributed by atoms with van der Waals surface area (Å²) in [4.78, 5) is 0. The van der Waals surface area contributed by atoms with Crippen molar-refractivity contribution < 1.29 is 19.5 Å². The predicted molar refractivity (Wildman–Crippen MR) is 82.9 cm³/mol. The van der Waals surface area contributed by atoms with Gasteiger partial charge in [0.2, 0.25) is 0 Å². The Labute approximate surface area is 124 Å². The molecule has 2 aromatic rings. The molecule has 0 aliphatic carbocycles. The van der Waals surface area contributed by atoms with Crippen LogP contribution in [-0.4, -0.2) is 22.4 Å². The number of aryl methyl sites for hydroxylation is 1. The lowest BCUT2D eigenvalue weighted by molar-refractivity contribution is 0.278. The third-order valence-electron chi connectivity index (χ3n) is 2.93. The number of hydrogen-bond donors (Lipinski definition) is 3. The minimum absolute atomic E-state index is 0.183. The van der Waals surface area contributed by atoms with E-state index in [-0.39, 0.29) is 5.82 Å². The molecule has 112 valence electrons. The molecule has 5 heteroatoms. The van der Waals surface area contributed by atoms with Gasteiger partial charge in [-0.05, 0) is 41.7 Å². The van der Waals surface area contributed by atoms with Crippen LogP contribution in [0.25, 0.3) is 11.1 Å². The molecule has 0 amide bonds. The summed E-state index contributed by atoms with van der Waals surface area (Å²) < 4.78 is 13.1. The molecule has 0 saturated carbocycles. The van der Waals surface area contributed by atoms with Crippen LogP contribution in [0.3, 0.4) is 0 Å². The molecule has 0 aliphatic heterocycles. The Morgan fingerprint density at radius 1 is 0.952 bits per heavy atom. The van der Waals surface area contributed by atoms with E-state index in [4.69, 9.17) is 15.1 Å². The van der Waals surface area contributed by atoms with Gasteiger partial charge in [-0.1, -0.05) is 49.7 Å². The van der Waals surface area contributed by atoms with E-state index in [1.165, 1.54) is 24.5 Å². The minimum atomic E-state index is -2.17. The van der Waals surface area contributed by atoms with Crippen LogP contribution in [0.4, 0.5) is 4.39 Å². The zero-order valence-corrected chi connectivity index (χ0v) is 12.0. The number of rotatable bonds is 4. The Morgan fingerprint density at radius 2 is 1.57 bits per heavy atom. The van der Waals surface area contributed by atoms with Crippen molar-refractivity contribution >= 4 is 7.32 Å². The first-order chi connectivity index (χ1) is 10.0. The van der Waals surface area contributed by atoms with Gasteiger partial charge >= 0.3 is 7.32 Å². The third-order valence-corrected chi connectivity index (χ3v) is 2.93. The number of unbranched alkanes of at least 4 members (excludes halogenated alkanes) is 1.